The van der Waals surface area contributed by atoms with Gasteiger partial charge in [0.2, 0.25) is 0 Å². The minimum Gasteiger partial charge on any atom is -0.487 e. The zero-order chi connectivity index (χ0) is 55.3. The Balaban J connectivity index is 0.00000127. The van der Waals surface area contributed by atoms with Gasteiger partial charge in [-0.05, 0) is 99.9 Å². The normalized spacial score (nSPS) is 11.4. The SMILES string of the molecule is CC.CC.CC.CC.CCn1cc(COc2c3cc(C)cc2Cc2cc(C)cc(c2OCc2cn(CC)nn2)Cc2cc(C)cc(c2OCc2cn(CC)nn2)Cc2cc(C)cc(c2OCc2cn(CC)nn2)C3)nn1. The van der Waals surface area contributed by atoms with E-state index >= 15 is 0 Å². The van der Waals surface area contributed by atoms with Crippen LogP contribution < -0.4 is 18.9 Å². The molecule has 0 amide bonds. The van der Waals surface area contributed by atoms with Crippen LogP contribution in [0.1, 0.15) is 173 Å². The van der Waals surface area contributed by atoms with Gasteiger partial charge in [0.1, 0.15) is 72.2 Å². The topological polar surface area (TPSA) is 160 Å². The molecule has 0 spiro atoms. The molecule has 0 unspecified atom stereocenters. The molecule has 0 saturated heterocycles. The quantitative estimate of drug-likeness (QED) is 0.0902. The van der Waals surface area contributed by atoms with Crippen molar-refractivity contribution in [1.29, 1.82) is 0 Å². The van der Waals surface area contributed by atoms with Gasteiger partial charge >= 0.3 is 0 Å². The molecule has 0 atom stereocenters. The van der Waals surface area contributed by atoms with E-state index in [9.17, 15) is 0 Å². The van der Waals surface area contributed by atoms with Crippen molar-refractivity contribution in [3.8, 4) is 23.0 Å². The molecule has 8 bridgehead atoms. The molecule has 8 aromatic rings. The van der Waals surface area contributed by atoms with E-state index in [0.29, 0.717) is 51.9 Å². The second-order valence-corrected chi connectivity index (χ2v) is 17.8. The lowest BCUT2D eigenvalue weighted by Gasteiger charge is -2.24. The van der Waals surface area contributed by atoms with E-state index in [-0.39, 0.29) is 26.4 Å². The fourth-order valence-electron chi connectivity index (χ4n) is 9.15. The maximum Gasteiger partial charge on any atom is 0.134 e. The number of ether oxygens (including phenoxy) is 4. The molecule has 0 N–H and O–H groups in total. The molecule has 408 valence electrons. The van der Waals surface area contributed by atoms with E-state index in [2.05, 4.69) is 117 Å². The minimum absolute atomic E-state index is 0.250. The molecule has 0 radical (unpaired) electrons. The first kappa shape index (κ1) is 59.5. The molecule has 16 heteroatoms. The number of fused-ring (bicyclic) bond motifs is 8. The molecule has 16 nitrogen and oxygen atoms in total. The molecule has 0 fully saturated rings. The van der Waals surface area contributed by atoms with E-state index in [1.165, 1.54) is 0 Å². The van der Waals surface area contributed by atoms with Gasteiger partial charge in [0.15, 0.2) is 0 Å². The summed E-state index contributed by atoms with van der Waals surface area (Å²) in [6.07, 6.45) is 9.88. The molecule has 0 saturated carbocycles. The molecule has 4 aromatic carbocycles. The summed E-state index contributed by atoms with van der Waals surface area (Å²) >= 11 is 0. The molecule has 76 heavy (non-hydrogen) atoms. The highest BCUT2D eigenvalue weighted by atomic mass is 16.5. The molecule has 9 rings (SSSR count). The highest BCUT2D eigenvalue weighted by Crippen LogP contribution is 2.41. The van der Waals surface area contributed by atoms with E-state index in [1.54, 1.807) is 0 Å². The van der Waals surface area contributed by atoms with Crippen molar-refractivity contribution in [3.05, 3.63) is 163 Å². The lowest BCUT2D eigenvalue weighted by molar-refractivity contribution is 0.288. The van der Waals surface area contributed by atoms with Crippen molar-refractivity contribution < 1.29 is 18.9 Å². The second kappa shape index (κ2) is 29.7. The highest BCUT2D eigenvalue weighted by molar-refractivity contribution is 5.58. The first-order valence-electron chi connectivity index (χ1n) is 27.6. The molecule has 1 aliphatic rings. The number of aryl methyl sites for hydroxylation is 8. The standard InChI is InChI=1S/C52H60N12O4.4C2H6/c1-9-61-25-45(53-57-61)29-65-49-37-13-33(5)14-38(49)22-40-16-35(7)18-42(51(40)67-31-47-27-63(11-3)59-55-47)24-44-20-36(8)19-43(52(44)68-32-48-28-64(12-4)60-56-48)23-41-17-34(6)15-39(21-37)50(41)66-30-46-26-62(10-2)58-54-46;4*1-2/h13-20,25-28H,9-12,21-24,29-32H2,1-8H3;4*1-2H3. The van der Waals surface area contributed by atoms with Crippen LogP contribution in [0, 0.1) is 27.7 Å². The van der Waals surface area contributed by atoms with Gasteiger partial charge in [-0.3, -0.25) is 18.7 Å². The first-order chi connectivity index (χ1) is 37.0. The van der Waals surface area contributed by atoms with E-state index in [4.69, 9.17) is 18.9 Å². The van der Waals surface area contributed by atoms with Gasteiger partial charge in [0, 0.05) is 51.9 Å². The van der Waals surface area contributed by atoms with E-state index in [0.717, 1.165) is 113 Å². The Morgan fingerprint density at radius 1 is 0.316 bits per heavy atom. The summed E-state index contributed by atoms with van der Waals surface area (Å²) in [4.78, 5) is 0. The average molecular weight is 1040 g/mol. The minimum atomic E-state index is 0.250. The summed E-state index contributed by atoms with van der Waals surface area (Å²) in [6, 6.07) is 17.8. The third-order valence-electron chi connectivity index (χ3n) is 12.2. The van der Waals surface area contributed by atoms with Gasteiger partial charge in [-0.1, -0.05) is 147 Å². The van der Waals surface area contributed by atoms with Crippen molar-refractivity contribution in [2.75, 3.05) is 0 Å². The third-order valence-corrected chi connectivity index (χ3v) is 12.2. The van der Waals surface area contributed by atoms with Crippen LogP contribution in [0.3, 0.4) is 0 Å². The maximum absolute atomic E-state index is 6.95. The van der Waals surface area contributed by atoms with Crippen LogP contribution in [-0.4, -0.2) is 60.0 Å². The molecular formula is C60H84N12O4. The largest absolute Gasteiger partial charge is 0.487 e. The van der Waals surface area contributed by atoms with Crippen LogP contribution in [0.25, 0.3) is 0 Å². The van der Waals surface area contributed by atoms with Gasteiger partial charge in [-0.2, -0.15) is 0 Å². The van der Waals surface area contributed by atoms with Gasteiger partial charge in [0.05, 0.1) is 24.8 Å². The number of hydrogen-bond acceptors (Lipinski definition) is 12. The number of benzene rings is 4. The average Bonchev–Trinajstić information content (AvgIpc) is 4.29. The fraction of sp³-hybridized carbons (Fsp3) is 0.467. The fourth-order valence-corrected chi connectivity index (χ4v) is 9.15. The van der Waals surface area contributed by atoms with Crippen molar-refractivity contribution in [2.45, 2.75) is 189 Å². The summed E-state index contributed by atoms with van der Waals surface area (Å²) in [5.74, 6) is 3.19. The summed E-state index contributed by atoms with van der Waals surface area (Å²) < 4.78 is 35.1. The Labute approximate surface area is 452 Å². The predicted molar refractivity (Wildman–Crippen MR) is 301 cm³/mol. The molecule has 4 aromatic heterocycles. The molecule has 0 aliphatic heterocycles. The van der Waals surface area contributed by atoms with Crippen LogP contribution in [-0.2, 0) is 78.3 Å². The van der Waals surface area contributed by atoms with Crippen LogP contribution in [0.5, 0.6) is 23.0 Å². The first-order valence-corrected chi connectivity index (χ1v) is 27.6. The number of aromatic nitrogens is 12. The zero-order valence-corrected chi connectivity index (χ0v) is 48.4. The second-order valence-electron chi connectivity index (χ2n) is 17.8. The lowest BCUT2D eigenvalue weighted by Crippen LogP contribution is -2.11. The Kier molecular flexibility index (Phi) is 23.2. The summed E-state index contributed by atoms with van der Waals surface area (Å²) in [6.45, 7) is 36.6. The van der Waals surface area contributed by atoms with Gasteiger partial charge in [-0.25, -0.2) is 0 Å². The van der Waals surface area contributed by atoms with E-state index < -0.39 is 0 Å². The molecular weight excluding hydrogens is 953 g/mol. The monoisotopic (exact) mass is 1040 g/mol. The number of nitrogens with zero attached hydrogens (tertiary/aromatic N) is 12. The van der Waals surface area contributed by atoms with Crippen LogP contribution in [0.2, 0.25) is 0 Å². The zero-order valence-electron chi connectivity index (χ0n) is 48.4. The number of rotatable bonds is 16. The summed E-state index contributed by atoms with van der Waals surface area (Å²) in [5, 5.41) is 35.0. The van der Waals surface area contributed by atoms with Crippen molar-refractivity contribution >= 4 is 0 Å². The van der Waals surface area contributed by atoms with Crippen molar-refractivity contribution in [1.82, 2.24) is 60.0 Å². The Bertz CT molecular complexity index is 2560. The summed E-state index contributed by atoms with van der Waals surface area (Å²) in [5.41, 5.74) is 15.7. The Morgan fingerprint density at radius 3 is 0.632 bits per heavy atom. The molecule has 1 aliphatic carbocycles. The third kappa shape index (κ3) is 15.4. The predicted octanol–water partition coefficient (Wildman–Crippen LogP) is 12.5. The lowest BCUT2D eigenvalue weighted by atomic mass is 9.88. The number of hydrogen-bond donors (Lipinski definition) is 0. The summed E-state index contributed by atoms with van der Waals surface area (Å²) in [7, 11) is 0. The maximum atomic E-state index is 6.95. The van der Waals surface area contributed by atoms with E-state index in [1.807, 2.05) is 127 Å². The van der Waals surface area contributed by atoms with Crippen molar-refractivity contribution in [3.63, 3.8) is 0 Å². The van der Waals surface area contributed by atoms with Gasteiger partial charge in [0.25, 0.3) is 0 Å². The van der Waals surface area contributed by atoms with Gasteiger partial charge in [-0.15, -0.1) is 20.4 Å². The molecule has 4 heterocycles. The highest BCUT2D eigenvalue weighted by Gasteiger charge is 2.25. The van der Waals surface area contributed by atoms with Crippen molar-refractivity contribution in [2.24, 2.45) is 0 Å². The Morgan fingerprint density at radius 2 is 0.487 bits per heavy atom. The smallest absolute Gasteiger partial charge is 0.134 e. The van der Waals surface area contributed by atoms with Crippen LogP contribution in [0.15, 0.2) is 73.3 Å². The van der Waals surface area contributed by atoms with Crippen LogP contribution >= 0.6 is 0 Å². The van der Waals surface area contributed by atoms with Gasteiger partial charge < -0.3 is 18.9 Å². The Hall–Kier alpha value is -7.36. The van der Waals surface area contributed by atoms with Crippen LogP contribution in [0.4, 0.5) is 0 Å².